The fourth-order valence-electron chi connectivity index (χ4n) is 2.05. The van der Waals surface area contributed by atoms with Crippen molar-refractivity contribution in [2.45, 2.75) is 31.2 Å². The number of likely N-dealkylation sites (N-methyl/N-ethyl adjacent to an activating group) is 1. The molecule has 21 heavy (non-hydrogen) atoms. The quantitative estimate of drug-likeness (QED) is 0.717. The van der Waals surface area contributed by atoms with E-state index in [4.69, 9.17) is 11.6 Å². The summed E-state index contributed by atoms with van der Waals surface area (Å²) >= 11 is 9.13. The van der Waals surface area contributed by atoms with Gasteiger partial charge in [0.2, 0.25) is 10.0 Å². The number of nitrogens with one attached hydrogen (secondary N) is 1. The fraction of sp³-hybridized carbons (Fsp3) is 0.615. The van der Waals surface area contributed by atoms with Crippen molar-refractivity contribution in [1.82, 2.24) is 14.6 Å². The zero-order valence-electron chi connectivity index (χ0n) is 12.6. The van der Waals surface area contributed by atoms with Gasteiger partial charge in [-0.05, 0) is 48.4 Å². The molecular weight excluding hydrogens is 378 g/mol. The van der Waals surface area contributed by atoms with Gasteiger partial charge in [-0.1, -0.05) is 25.4 Å². The standard InChI is InChI=1S/C13H21BrClN3O2S/c1-9(2)5-11(8-18(3)4)17-21(19,20)12-6-10(14)7-16-13(12)15/h6-7,9,11,17H,5,8H2,1-4H3. The van der Waals surface area contributed by atoms with Gasteiger partial charge in [0.1, 0.15) is 10.0 Å². The summed E-state index contributed by atoms with van der Waals surface area (Å²) < 4.78 is 28.3. The molecule has 5 nitrogen and oxygen atoms in total. The molecule has 0 bridgehead atoms. The van der Waals surface area contributed by atoms with Crippen LogP contribution < -0.4 is 4.72 Å². The lowest BCUT2D eigenvalue weighted by molar-refractivity contribution is 0.329. The topological polar surface area (TPSA) is 62.3 Å². The van der Waals surface area contributed by atoms with Crippen LogP contribution in [-0.2, 0) is 10.0 Å². The maximum atomic E-state index is 12.5. The highest BCUT2D eigenvalue weighted by atomic mass is 79.9. The van der Waals surface area contributed by atoms with E-state index < -0.39 is 10.0 Å². The molecule has 0 radical (unpaired) electrons. The number of nitrogens with zero attached hydrogens (tertiary/aromatic N) is 2. The summed E-state index contributed by atoms with van der Waals surface area (Å²) in [6, 6.07) is 1.28. The summed E-state index contributed by atoms with van der Waals surface area (Å²) in [4.78, 5) is 5.81. The summed E-state index contributed by atoms with van der Waals surface area (Å²) in [5.41, 5.74) is 0. The van der Waals surface area contributed by atoms with Gasteiger partial charge in [-0.25, -0.2) is 18.1 Å². The van der Waals surface area contributed by atoms with Crippen LogP contribution in [0, 0.1) is 5.92 Å². The van der Waals surface area contributed by atoms with Crippen molar-refractivity contribution in [2.75, 3.05) is 20.6 Å². The average Bonchev–Trinajstić information content (AvgIpc) is 2.29. The Morgan fingerprint density at radius 3 is 2.57 bits per heavy atom. The van der Waals surface area contributed by atoms with Gasteiger partial charge in [0, 0.05) is 23.3 Å². The molecular formula is C13H21BrClN3O2S. The Bertz CT molecular complexity index is 569. The van der Waals surface area contributed by atoms with E-state index in [-0.39, 0.29) is 16.1 Å². The Labute approximate surface area is 140 Å². The second kappa shape index (κ2) is 7.87. The van der Waals surface area contributed by atoms with Gasteiger partial charge in [0.05, 0.1) is 0 Å². The smallest absolute Gasteiger partial charge is 0.243 e. The molecule has 0 aromatic carbocycles. The van der Waals surface area contributed by atoms with Gasteiger partial charge < -0.3 is 4.90 Å². The normalized spacial score (nSPS) is 13.9. The predicted molar refractivity (Wildman–Crippen MR) is 89.1 cm³/mol. The minimum atomic E-state index is -3.71. The molecule has 8 heteroatoms. The van der Waals surface area contributed by atoms with E-state index in [0.717, 1.165) is 6.42 Å². The summed E-state index contributed by atoms with van der Waals surface area (Å²) in [5, 5.41) is -0.0288. The van der Waals surface area contributed by atoms with Crippen molar-refractivity contribution in [1.29, 1.82) is 0 Å². The molecule has 0 saturated heterocycles. The molecule has 1 aromatic rings. The van der Waals surface area contributed by atoms with Crippen molar-refractivity contribution < 1.29 is 8.42 Å². The first kappa shape index (κ1) is 18.8. The number of rotatable bonds is 7. The number of halogens is 2. The molecule has 0 amide bonds. The minimum Gasteiger partial charge on any atom is -0.308 e. The lowest BCUT2D eigenvalue weighted by Crippen LogP contribution is -2.42. The van der Waals surface area contributed by atoms with Crippen molar-refractivity contribution >= 4 is 37.6 Å². The lowest BCUT2D eigenvalue weighted by atomic mass is 10.0. The van der Waals surface area contributed by atoms with Gasteiger partial charge >= 0.3 is 0 Å². The van der Waals surface area contributed by atoms with E-state index in [1.54, 1.807) is 0 Å². The summed E-state index contributed by atoms with van der Waals surface area (Å²) in [5.74, 6) is 0.383. The molecule has 1 unspecified atom stereocenters. The summed E-state index contributed by atoms with van der Waals surface area (Å²) in [7, 11) is 0.119. The van der Waals surface area contributed by atoms with Crippen LogP contribution >= 0.6 is 27.5 Å². The van der Waals surface area contributed by atoms with Crippen LogP contribution in [0.1, 0.15) is 20.3 Å². The van der Waals surface area contributed by atoms with E-state index in [0.29, 0.717) is 16.9 Å². The number of sulfonamides is 1. The SMILES string of the molecule is CC(C)CC(CN(C)C)NS(=O)(=O)c1cc(Br)cnc1Cl. The van der Waals surface area contributed by atoms with Crippen molar-refractivity contribution in [3.63, 3.8) is 0 Å². The van der Waals surface area contributed by atoms with Crippen LogP contribution in [0.25, 0.3) is 0 Å². The van der Waals surface area contributed by atoms with Gasteiger partial charge in [0.25, 0.3) is 0 Å². The molecule has 1 atom stereocenters. The lowest BCUT2D eigenvalue weighted by Gasteiger charge is -2.24. The number of pyridine rings is 1. The highest BCUT2D eigenvalue weighted by Crippen LogP contribution is 2.23. The van der Waals surface area contributed by atoms with Crippen LogP contribution in [0.5, 0.6) is 0 Å². The summed E-state index contributed by atoms with van der Waals surface area (Å²) in [6.45, 7) is 4.74. The van der Waals surface area contributed by atoms with E-state index in [9.17, 15) is 8.42 Å². The molecule has 0 saturated carbocycles. The average molecular weight is 399 g/mol. The zero-order chi connectivity index (χ0) is 16.2. The highest BCUT2D eigenvalue weighted by molar-refractivity contribution is 9.10. The third-order valence-corrected chi connectivity index (χ3v) is 5.11. The first-order valence-electron chi connectivity index (χ1n) is 6.60. The number of hydrogen-bond acceptors (Lipinski definition) is 4. The van der Waals surface area contributed by atoms with Gasteiger partial charge in [-0.3, -0.25) is 0 Å². The van der Waals surface area contributed by atoms with E-state index in [2.05, 4.69) is 39.5 Å². The predicted octanol–water partition coefficient (Wildman–Crippen LogP) is 2.75. The van der Waals surface area contributed by atoms with E-state index >= 15 is 0 Å². The van der Waals surface area contributed by atoms with Gasteiger partial charge in [-0.2, -0.15) is 0 Å². The van der Waals surface area contributed by atoms with Crippen LogP contribution in [0.4, 0.5) is 0 Å². The van der Waals surface area contributed by atoms with E-state index in [1.165, 1.54) is 12.3 Å². The second-order valence-electron chi connectivity index (χ2n) is 5.65. The Balaban J connectivity index is 3.02. The Kier molecular flexibility index (Phi) is 7.06. The zero-order valence-corrected chi connectivity index (χ0v) is 15.8. The first-order chi connectivity index (χ1) is 9.61. The molecule has 1 N–H and O–H groups in total. The molecule has 0 spiro atoms. The largest absolute Gasteiger partial charge is 0.308 e. The van der Waals surface area contributed by atoms with Crippen LogP contribution in [0.3, 0.4) is 0 Å². The van der Waals surface area contributed by atoms with Crippen molar-refractivity contribution in [2.24, 2.45) is 5.92 Å². The highest BCUT2D eigenvalue weighted by Gasteiger charge is 2.24. The molecule has 1 heterocycles. The second-order valence-corrected chi connectivity index (χ2v) is 8.61. The molecule has 0 fully saturated rings. The Hall–Kier alpha value is -0.210. The maximum absolute atomic E-state index is 12.5. The van der Waals surface area contributed by atoms with E-state index in [1.807, 2.05) is 19.0 Å². The Morgan fingerprint density at radius 1 is 1.43 bits per heavy atom. The fourth-order valence-corrected chi connectivity index (χ4v) is 4.23. The maximum Gasteiger partial charge on any atom is 0.243 e. The molecule has 1 aromatic heterocycles. The third kappa shape index (κ3) is 6.20. The number of aromatic nitrogens is 1. The minimum absolute atomic E-state index is 0.00828. The van der Waals surface area contributed by atoms with Crippen LogP contribution in [0.15, 0.2) is 21.6 Å². The van der Waals surface area contributed by atoms with Crippen LogP contribution in [0.2, 0.25) is 5.15 Å². The molecule has 120 valence electrons. The molecule has 0 aliphatic rings. The molecule has 1 rings (SSSR count). The van der Waals surface area contributed by atoms with Gasteiger partial charge in [-0.15, -0.1) is 0 Å². The molecule has 0 aliphatic heterocycles. The van der Waals surface area contributed by atoms with Crippen LogP contribution in [-0.4, -0.2) is 45.0 Å². The summed E-state index contributed by atoms with van der Waals surface area (Å²) in [6.07, 6.45) is 2.21. The monoisotopic (exact) mass is 397 g/mol. The van der Waals surface area contributed by atoms with Crippen molar-refractivity contribution in [3.05, 3.63) is 21.9 Å². The van der Waals surface area contributed by atoms with Gasteiger partial charge in [0.15, 0.2) is 0 Å². The third-order valence-electron chi connectivity index (χ3n) is 2.73. The van der Waals surface area contributed by atoms with Crippen molar-refractivity contribution in [3.8, 4) is 0 Å². The number of hydrogen-bond donors (Lipinski definition) is 1. The first-order valence-corrected chi connectivity index (χ1v) is 9.25. The molecule has 0 aliphatic carbocycles. The Morgan fingerprint density at radius 2 is 2.05 bits per heavy atom.